The molecule has 0 radical (unpaired) electrons. The Morgan fingerprint density at radius 3 is 2.08 bits per heavy atom. The summed E-state index contributed by atoms with van der Waals surface area (Å²) in [5.41, 5.74) is 0. The Kier molecular flexibility index (Phi) is 5.61. The Morgan fingerprint density at radius 1 is 1.31 bits per heavy atom. The quantitative estimate of drug-likeness (QED) is 0.581. The summed E-state index contributed by atoms with van der Waals surface area (Å²) >= 11 is 0. The minimum Gasteiger partial charge on any atom is -0.480 e. The van der Waals surface area contributed by atoms with Gasteiger partial charge in [-0.25, -0.2) is 0 Å². The number of aliphatic carboxylic acids is 1. The van der Waals surface area contributed by atoms with E-state index in [1.807, 2.05) is 0 Å². The highest BCUT2D eigenvalue weighted by Gasteiger charge is 2.20. The van der Waals surface area contributed by atoms with E-state index >= 15 is 0 Å². The molecule has 0 saturated carbocycles. The van der Waals surface area contributed by atoms with Crippen LogP contribution in [0.5, 0.6) is 0 Å². The second-order valence-corrected chi connectivity index (χ2v) is 2.86. The average molecular weight is 191 g/mol. The molecule has 0 aromatic rings. The molecule has 0 aliphatic rings. The molecule has 0 fully saturated rings. The van der Waals surface area contributed by atoms with E-state index in [0.717, 1.165) is 0 Å². The molecule has 0 aromatic carbocycles. The summed E-state index contributed by atoms with van der Waals surface area (Å²) in [6.07, 6.45) is -0.429. The summed E-state index contributed by atoms with van der Waals surface area (Å²) in [5, 5.41) is 11.4. The van der Waals surface area contributed by atoms with Crippen molar-refractivity contribution in [2.75, 3.05) is 14.2 Å². The molecule has 0 aromatic heterocycles. The third kappa shape index (κ3) is 4.21. The lowest BCUT2D eigenvalue weighted by Crippen LogP contribution is -2.46. The lowest BCUT2D eigenvalue weighted by molar-refractivity contribution is -0.142. The Balaban J connectivity index is 3.96. The van der Waals surface area contributed by atoms with Crippen LogP contribution in [-0.4, -0.2) is 43.7 Å². The molecule has 5 heteroatoms. The monoisotopic (exact) mass is 191 g/mol. The number of nitrogens with one attached hydrogen (secondary N) is 1. The van der Waals surface area contributed by atoms with Gasteiger partial charge in [0.05, 0.1) is 6.04 Å². The fourth-order valence-electron chi connectivity index (χ4n) is 1.05. The molecule has 2 unspecified atom stereocenters. The number of hydrogen-bond acceptors (Lipinski definition) is 4. The van der Waals surface area contributed by atoms with E-state index < -0.39 is 18.3 Å². The lowest BCUT2D eigenvalue weighted by Gasteiger charge is -2.23. The van der Waals surface area contributed by atoms with Gasteiger partial charge in [0, 0.05) is 14.2 Å². The van der Waals surface area contributed by atoms with Gasteiger partial charge < -0.3 is 14.6 Å². The zero-order chi connectivity index (χ0) is 10.4. The van der Waals surface area contributed by atoms with E-state index in [4.69, 9.17) is 14.6 Å². The summed E-state index contributed by atoms with van der Waals surface area (Å²) in [7, 11) is 3.02. The fourth-order valence-corrected chi connectivity index (χ4v) is 1.05. The van der Waals surface area contributed by atoms with Gasteiger partial charge in [0.25, 0.3) is 0 Å². The van der Waals surface area contributed by atoms with E-state index in [2.05, 4.69) is 5.32 Å². The van der Waals surface area contributed by atoms with Gasteiger partial charge in [-0.3, -0.25) is 10.1 Å². The van der Waals surface area contributed by atoms with Crippen molar-refractivity contribution in [3.8, 4) is 0 Å². The number of ether oxygens (including phenoxy) is 2. The van der Waals surface area contributed by atoms with Crippen LogP contribution in [0.25, 0.3) is 0 Å². The Bertz CT molecular complexity index is 158. The van der Waals surface area contributed by atoms with Gasteiger partial charge in [0.2, 0.25) is 0 Å². The molecule has 5 nitrogen and oxygen atoms in total. The summed E-state index contributed by atoms with van der Waals surface area (Å²) in [6, 6.07) is -0.774. The molecule has 0 saturated heterocycles. The molecular formula is C8H17NO4. The number of carbonyl (C=O) groups is 1. The largest absolute Gasteiger partial charge is 0.480 e. The second kappa shape index (κ2) is 5.90. The van der Waals surface area contributed by atoms with Gasteiger partial charge >= 0.3 is 5.97 Å². The van der Waals surface area contributed by atoms with Gasteiger partial charge in [0.15, 0.2) is 6.29 Å². The van der Waals surface area contributed by atoms with E-state index in [0.29, 0.717) is 0 Å². The maximum absolute atomic E-state index is 10.5. The maximum atomic E-state index is 10.5. The van der Waals surface area contributed by atoms with Crippen molar-refractivity contribution in [3.05, 3.63) is 0 Å². The number of carboxylic acid groups (broad SMARTS) is 1. The highest BCUT2D eigenvalue weighted by Crippen LogP contribution is 1.99. The Morgan fingerprint density at radius 2 is 1.77 bits per heavy atom. The summed E-state index contributed by atoms with van der Waals surface area (Å²) in [6.45, 7) is 3.37. The van der Waals surface area contributed by atoms with Crippen molar-refractivity contribution < 1.29 is 19.4 Å². The Labute approximate surface area is 78.0 Å². The van der Waals surface area contributed by atoms with Crippen molar-refractivity contribution in [2.45, 2.75) is 32.2 Å². The summed E-state index contributed by atoms with van der Waals surface area (Å²) in [5.74, 6) is -0.891. The van der Waals surface area contributed by atoms with Crippen molar-refractivity contribution >= 4 is 5.97 Å². The van der Waals surface area contributed by atoms with Crippen LogP contribution in [0.15, 0.2) is 0 Å². The van der Waals surface area contributed by atoms with Crippen LogP contribution < -0.4 is 5.32 Å². The predicted octanol–water partition coefficient (Wildman–Crippen LogP) is 0.0565. The molecule has 78 valence electrons. The van der Waals surface area contributed by atoms with Gasteiger partial charge in [0.1, 0.15) is 6.04 Å². The molecule has 2 N–H and O–H groups in total. The maximum Gasteiger partial charge on any atom is 0.320 e. The third-order valence-electron chi connectivity index (χ3n) is 1.76. The Hall–Kier alpha value is -0.650. The third-order valence-corrected chi connectivity index (χ3v) is 1.76. The molecule has 0 rings (SSSR count). The minimum atomic E-state index is -0.891. The molecular weight excluding hydrogens is 174 g/mol. The SMILES string of the molecule is COC(OC)C(C)NC(C)C(=O)O. The van der Waals surface area contributed by atoms with Gasteiger partial charge in [-0.15, -0.1) is 0 Å². The lowest BCUT2D eigenvalue weighted by atomic mass is 10.2. The first kappa shape index (κ1) is 12.3. The van der Waals surface area contributed by atoms with Crippen LogP contribution in [0.2, 0.25) is 0 Å². The summed E-state index contributed by atoms with van der Waals surface area (Å²) in [4.78, 5) is 10.5. The van der Waals surface area contributed by atoms with E-state index in [1.54, 1.807) is 13.8 Å². The molecule has 0 aliphatic carbocycles. The van der Waals surface area contributed by atoms with Crippen molar-refractivity contribution in [3.63, 3.8) is 0 Å². The van der Waals surface area contributed by atoms with Crippen molar-refractivity contribution in [1.29, 1.82) is 0 Å². The van der Waals surface area contributed by atoms with Gasteiger partial charge in [-0.2, -0.15) is 0 Å². The van der Waals surface area contributed by atoms with Crippen molar-refractivity contribution in [2.24, 2.45) is 0 Å². The first-order chi connectivity index (χ1) is 6.02. The van der Waals surface area contributed by atoms with Gasteiger partial charge in [-0.05, 0) is 13.8 Å². The fraction of sp³-hybridized carbons (Fsp3) is 0.875. The van der Waals surface area contributed by atoms with Crippen LogP contribution in [0, 0.1) is 0 Å². The number of hydrogen-bond donors (Lipinski definition) is 2. The number of rotatable bonds is 6. The zero-order valence-corrected chi connectivity index (χ0v) is 8.40. The van der Waals surface area contributed by atoms with E-state index in [9.17, 15) is 4.79 Å². The first-order valence-electron chi connectivity index (χ1n) is 4.07. The van der Waals surface area contributed by atoms with Crippen LogP contribution in [0.4, 0.5) is 0 Å². The molecule has 2 atom stereocenters. The highest BCUT2D eigenvalue weighted by atomic mass is 16.7. The summed E-state index contributed by atoms with van der Waals surface area (Å²) < 4.78 is 9.93. The zero-order valence-electron chi connectivity index (χ0n) is 8.40. The first-order valence-corrected chi connectivity index (χ1v) is 4.07. The average Bonchev–Trinajstić information content (AvgIpc) is 2.06. The molecule has 0 amide bonds. The smallest absolute Gasteiger partial charge is 0.320 e. The predicted molar refractivity (Wildman–Crippen MR) is 47.5 cm³/mol. The van der Waals surface area contributed by atoms with Crippen LogP contribution in [0.3, 0.4) is 0 Å². The van der Waals surface area contributed by atoms with Crippen LogP contribution >= 0.6 is 0 Å². The normalized spacial score (nSPS) is 15.8. The highest BCUT2D eigenvalue weighted by molar-refractivity contribution is 5.72. The van der Waals surface area contributed by atoms with Crippen molar-refractivity contribution in [1.82, 2.24) is 5.32 Å². The van der Waals surface area contributed by atoms with Gasteiger partial charge in [-0.1, -0.05) is 0 Å². The molecule has 0 spiro atoms. The second-order valence-electron chi connectivity index (χ2n) is 2.86. The number of carboxylic acids is 1. The van der Waals surface area contributed by atoms with Crippen LogP contribution in [-0.2, 0) is 14.3 Å². The molecule has 0 aliphatic heterocycles. The van der Waals surface area contributed by atoms with E-state index in [-0.39, 0.29) is 6.04 Å². The van der Waals surface area contributed by atoms with E-state index in [1.165, 1.54) is 14.2 Å². The molecule has 0 heterocycles. The van der Waals surface area contributed by atoms with Crippen LogP contribution in [0.1, 0.15) is 13.8 Å². The molecule has 13 heavy (non-hydrogen) atoms. The topological polar surface area (TPSA) is 67.8 Å². The standard InChI is InChI=1S/C8H17NO4/c1-5(7(10)11)9-6(2)8(12-3)13-4/h5-6,8-9H,1-4H3,(H,10,11). The number of methoxy groups -OCH3 is 2. The molecule has 0 bridgehead atoms. The minimum absolute atomic E-state index is 0.166.